The number of halogens is 2. The number of imidazole rings is 1. The van der Waals surface area contributed by atoms with Crippen LogP contribution >= 0.6 is 0 Å². The second kappa shape index (κ2) is 9.44. The lowest BCUT2D eigenvalue weighted by molar-refractivity contribution is 0.0757. The number of hydrogen-bond acceptors (Lipinski definition) is 6. The third kappa shape index (κ3) is 4.27. The number of aliphatic hydroxyl groups excluding tert-OH is 1. The third-order valence-electron chi connectivity index (χ3n) is 7.02. The molecular formula is C27H27F2N7O. The maximum absolute atomic E-state index is 13.9. The Morgan fingerprint density at radius 1 is 1.05 bits per heavy atom. The lowest BCUT2D eigenvalue weighted by Gasteiger charge is -2.33. The van der Waals surface area contributed by atoms with Crippen molar-refractivity contribution in [1.82, 2.24) is 24.3 Å². The van der Waals surface area contributed by atoms with E-state index in [0.29, 0.717) is 35.8 Å². The van der Waals surface area contributed by atoms with Crippen LogP contribution in [0.5, 0.6) is 0 Å². The van der Waals surface area contributed by atoms with Gasteiger partial charge in [-0.2, -0.15) is 13.9 Å². The largest absolute Gasteiger partial charge is 0.390 e. The van der Waals surface area contributed by atoms with Gasteiger partial charge in [-0.05, 0) is 55.3 Å². The molecule has 3 aromatic heterocycles. The minimum Gasteiger partial charge on any atom is -0.390 e. The van der Waals surface area contributed by atoms with E-state index < -0.39 is 6.55 Å². The number of anilines is 2. The quantitative estimate of drug-likeness (QED) is 0.341. The Kier molecular flexibility index (Phi) is 5.96. The molecule has 10 heteroatoms. The van der Waals surface area contributed by atoms with Gasteiger partial charge in [-0.15, -0.1) is 0 Å². The van der Waals surface area contributed by atoms with Crippen LogP contribution in [0.25, 0.3) is 33.2 Å². The number of alkyl halides is 2. The topological polar surface area (TPSA) is 84.0 Å². The predicted octanol–water partition coefficient (Wildman–Crippen LogP) is 4.95. The van der Waals surface area contributed by atoms with Crippen LogP contribution < -0.4 is 10.2 Å². The van der Waals surface area contributed by atoms with Crippen LogP contribution in [0, 0.1) is 0 Å². The molecule has 0 saturated carbocycles. The van der Waals surface area contributed by atoms with Crippen molar-refractivity contribution in [2.45, 2.75) is 32.0 Å². The van der Waals surface area contributed by atoms with Crippen molar-refractivity contribution in [3.8, 4) is 11.3 Å². The zero-order valence-electron chi connectivity index (χ0n) is 20.4. The van der Waals surface area contributed by atoms with E-state index in [2.05, 4.69) is 27.4 Å². The van der Waals surface area contributed by atoms with Crippen LogP contribution in [0.4, 0.5) is 20.4 Å². The summed E-state index contributed by atoms with van der Waals surface area (Å²) in [5, 5.41) is 18.8. The van der Waals surface area contributed by atoms with Crippen molar-refractivity contribution < 1.29 is 13.9 Å². The molecule has 0 radical (unpaired) electrons. The van der Waals surface area contributed by atoms with E-state index in [-0.39, 0.29) is 12.6 Å². The summed E-state index contributed by atoms with van der Waals surface area (Å²) in [7, 11) is 1.91. The first-order valence-corrected chi connectivity index (χ1v) is 12.3. The van der Waals surface area contributed by atoms with Gasteiger partial charge >= 0.3 is 6.55 Å². The summed E-state index contributed by atoms with van der Waals surface area (Å²) in [6.45, 7) is -1.48. The molecule has 4 heterocycles. The number of nitrogens with one attached hydrogen (secondary N) is 1. The van der Waals surface area contributed by atoms with Crippen LogP contribution in [-0.2, 0) is 13.7 Å². The average molecular weight is 504 g/mol. The molecule has 1 aliphatic rings. The van der Waals surface area contributed by atoms with E-state index in [1.54, 1.807) is 24.4 Å². The van der Waals surface area contributed by atoms with Crippen molar-refractivity contribution in [3.63, 3.8) is 0 Å². The number of fused-ring (bicyclic) bond motifs is 2. The fourth-order valence-corrected chi connectivity index (χ4v) is 5.18. The Labute approximate surface area is 212 Å². The molecule has 6 rings (SSSR count). The molecule has 190 valence electrons. The van der Waals surface area contributed by atoms with Crippen molar-refractivity contribution in [1.29, 1.82) is 0 Å². The molecule has 1 saturated heterocycles. The van der Waals surface area contributed by atoms with Gasteiger partial charge in [-0.3, -0.25) is 14.2 Å². The van der Waals surface area contributed by atoms with Gasteiger partial charge in [0.1, 0.15) is 5.69 Å². The lowest BCUT2D eigenvalue weighted by atomic mass is 10.0. The maximum atomic E-state index is 13.9. The number of hydrogen-bond donors (Lipinski definition) is 2. The van der Waals surface area contributed by atoms with Gasteiger partial charge < -0.3 is 15.3 Å². The maximum Gasteiger partial charge on any atom is 0.321 e. The first kappa shape index (κ1) is 23.4. The van der Waals surface area contributed by atoms with Gasteiger partial charge in [-0.25, -0.2) is 4.98 Å². The first-order chi connectivity index (χ1) is 18.0. The molecule has 2 aromatic carbocycles. The minimum absolute atomic E-state index is 0.119. The minimum atomic E-state index is -2.64. The molecule has 1 fully saturated rings. The predicted molar refractivity (Wildman–Crippen MR) is 140 cm³/mol. The van der Waals surface area contributed by atoms with Crippen LogP contribution in [0.3, 0.4) is 0 Å². The van der Waals surface area contributed by atoms with Crippen LogP contribution in [0.2, 0.25) is 0 Å². The van der Waals surface area contributed by atoms with E-state index >= 15 is 0 Å². The zero-order valence-corrected chi connectivity index (χ0v) is 20.4. The molecule has 37 heavy (non-hydrogen) atoms. The van der Waals surface area contributed by atoms with E-state index in [9.17, 15) is 13.9 Å². The SMILES string of the molecule is Cn1nc(-c2ccnc(CO)c2)c2ccc(NC3CCN(c4nc5ccccc5n4C(F)F)CC3)cc21. The fourth-order valence-electron chi connectivity index (χ4n) is 5.18. The third-order valence-corrected chi connectivity index (χ3v) is 7.02. The highest BCUT2D eigenvalue weighted by molar-refractivity contribution is 5.95. The Morgan fingerprint density at radius 3 is 2.65 bits per heavy atom. The summed E-state index contributed by atoms with van der Waals surface area (Å²) < 4.78 is 30.6. The summed E-state index contributed by atoms with van der Waals surface area (Å²) in [5.74, 6) is 0.332. The van der Waals surface area contributed by atoms with Crippen molar-refractivity contribution in [2.75, 3.05) is 23.3 Å². The fraction of sp³-hybridized carbons (Fsp3) is 0.296. The summed E-state index contributed by atoms with van der Waals surface area (Å²) in [4.78, 5) is 10.6. The average Bonchev–Trinajstić information content (AvgIpc) is 3.47. The Bertz CT molecular complexity index is 1570. The van der Waals surface area contributed by atoms with Crippen molar-refractivity contribution in [2.24, 2.45) is 7.05 Å². The highest BCUT2D eigenvalue weighted by Gasteiger charge is 2.26. The molecule has 2 N–H and O–H groups in total. The van der Waals surface area contributed by atoms with Crippen molar-refractivity contribution >= 4 is 33.6 Å². The second-order valence-electron chi connectivity index (χ2n) is 9.35. The van der Waals surface area contributed by atoms with Crippen molar-refractivity contribution in [3.05, 3.63) is 66.5 Å². The van der Waals surface area contributed by atoms with Crippen LogP contribution in [0.1, 0.15) is 25.1 Å². The number of pyridine rings is 1. The molecule has 1 aliphatic heterocycles. The number of aryl methyl sites for hydroxylation is 1. The Balaban J connectivity index is 1.18. The summed E-state index contributed by atoms with van der Waals surface area (Å²) >= 11 is 0. The van der Waals surface area contributed by atoms with E-state index in [1.165, 1.54) is 0 Å². The smallest absolute Gasteiger partial charge is 0.321 e. The summed E-state index contributed by atoms with van der Waals surface area (Å²) in [5.41, 5.74) is 5.38. The molecule has 0 bridgehead atoms. The molecule has 0 aliphatic carbocycles. The molecule has 0 spiro atoms. The van der Waals surface area contributed by atoms with E-state index in [0.717, 1.165) is 45.3 Å². The molecular weight excluding hydrogens is 476 g/mol. The number of rotatable bonds is 6. The Morgan fingerprint density at radius 2 is 1.86 bits per heavy atom. The number of para-hydroxylation sites is 2. The standard InChI is InChI=1S/C27H27F2N7O/c1-34-24-15-19(6-7-21(24)25(33-34)17-8-11-30-20(14-17)16-37)31-18-9-12-35(13-10-18)27-32-22-4-2-3-5-23(22)36(27)26(28)29/h2-8,11,14-15,18,26,31,37H,9-10,12-13,16H2,1H3. The molecule has 0 amide bonds. The summed E-state index contributed by atoms with van der Waals surface area (Å²) in [6.07, 6.45) is 3.30. The molecule has 8 nitrogen and oxygen atoms in total. The van der Waals surface area contributed by atoms with E-state index in [1.807, 2.05) is 40.9 Å². The number of piperidine rings is 1. The number of benzene rings is 2. The van der Waals surface area contributed by atoms with Gasteiger partial charge in [-0.1, -0.05) is 12.1 Å². The van der Waals surface area contributed by atoms with Crippen LogP contribution in [-0.4, -0.2) is 48.6 Å². The second-order valence-corrected chi connectivity index (χ2v) is 9.35. The van der Waals surface area contributed by atoms with Gasteiger partial charge in [0, 0.05) is 49.0 Å². The highest BCUT2D eigenvalue weighted by atomic mass is 19.3. The van der Waals surface area contributed by atoms with Gasteiger partial charge in [0.15, 0.2) is 0 Å². The number of aliphatic hydroxyl groups is 1. The molecule has 0 unspecified atom stereocenters. The number of aromatic nitrogens is 5. The monoisotopic (exact) mass is 503 g/mol. The number of nitrogens with zero attached hydrogens (tertiary/aromatic N) is 6. The highest BCUT2D eigenvalue weighted by Crippen LogP contribution is 2.32. The van der Waals surface area contributed by atoms with E-state index in [4.69, 9.17) is 5.10 Å². The van der Waals surface area contributed by atoms with Gasteiger partial charge in [0.25, 0.3) is 0 Å². The molecule has 0 atom stereocenters. The summed E-state index contributed by atoms with van der Waals surface area (Å²) in [6, 6.07) is 17.2. The van der Waals surface area contributed by atoms with Gasteiger partial charge in [0.2, 0.25) is 5.95 Å². The first-order valence-electron chi connectivity index (χ1n) is 12.3. The lowest BCUT2D eigenvalue weighted by Crippen LogP contribution is -2.40. The molecule has 5 aromatic rings. The van der Waals surface area contributed by atoms with Gasteiger partial charge in [0.05, 0.1) is 28.9 Å². The zero-order chi connectivity index (χ0) is 25.5. The van der Waals surface area contributed by atoms with Crippen LogP contribution in [0.15, 0.2) is 60.8 Å². The Hall–Kier alpha value is -4.05. The normalized spacial score (nSPS) is 14.8.